The number of carbonyl (C=O) groups excluding carboxylic acids is 1. The van der Waals surface area contributed by atoms with E-state index in [1.54, 1.807) is 0 Å². The molecule has 0 aromatic heterocycles. The molecule has 1 N–H and O–H groups in total. The van der Waals surface area contributed by atoms with Gasteiger partial charge in [0.15, 0.2) is 0 Å². The molecule has 0 bridgehead atoms. The monoisotopic (exact) mass is 355 g/mol. The molecule has 25 heavy (non-hydrogen) atoms. The third kappa shape index (κ3) is 6.28. The van der Waals surface area contributed by atoms with Crippen LogP contribution in [-0.4, -0.2) is 46.2 Å². The van der Waals surface area contributed by atoms with Gasteiger partial charge in [-0.1, -0.05) is 26.2 Å². The zero-order chi connectivity index (χ0) is 19.3. The van der Waals surface area contributed by atoms with Crippen molar-refractivity contribution in [2.24, 2.45) is 5.92 Å². The Morgan fingerprint density at radius 1 is 1.04 bits per heavy atom. The minimum atomic E-state index is -0.735. The Bertz CT molecular complexity index is 459. The first-order chi connectivity index (χ1) is 11.5. The summed E-state index contributed by atoms with van der Waals surface area (Å²) in [5, 5.41) is 8.59. The van der Waals surface area contributed by atoms with Crippen LogP contribution >= 0.6 is 0 Å². The number of unbranched alkanes of at least 4 members (excludes halogenated alkanes) is 4. The summed E-state index contributed by atoms with van der Waals surface area (Å²) < 4.78 is 5.84. The van der Waals surface area contributed by atoms with Crippen molar-refractivity contribution < 1.29 is 19.4 Å². The first-order valence-electron chi connectivity index (χ1n) is 9.63. The molecule has 1 aliphatic rings. The normalized spacial score (nSPS) is 25.5. The van der Waals surface area contributed by atoms with Crippen LogP contribution in [-0.2, 0) is 14.3 Å². The molecule has 1 saturated heterocycles. The second-order valence-corrected chi connectivity index (χ2v) is 8.71. The second kappa shape index (κ2) is 9.02. The Hall–Kier alpha value is -1.10. The van der Waals surface area contributed by atoms with Gasteiger partial charge in [-0.05, 0) is 47.6 Å². The zero-order valence-electron chi connectivity index (χ0n) is 16.9. The average Bonchev–Trinajstić information content (AvgIpc) is 2.50. The van der Waals surface area contributed by atoms with Gasteiger partial charge in [0.2, 0.25) is 0 Å². The van der Waals surface area contributed by atoms with Gasteiger partial charge < -0.3 is 9.84 Å². The molecule has 0 radical (unpaired) electrons. The van der Waals surface area contributed by atoms with Gasteiger partial charge >= 0.3 is 11.9 Å². The van der Waals surface area contributed by atoms with Gasteiger partial charge in [0, 0.05) is 36.3 Å². The smallest absolute Gasteiger partial charge is 0.306 e. The molecule has 0 aromatic carbocycles. The van der Waals surface area contributed by atoms with E-state index < -0.39 is 5.97 Å². The molecule has 1 aliphatic heterocycles. The van der Waals surface area contributed by atoms with Crippen LogP contribution in [0.1, 0.15) is 86.0 Å². The Labute approximate surface area is 153 Å². The fourth-order valence-electron chi connectivity index (χ4n) is 3.79. The number of hydrogen-bond acceptors (Lipinski definition) is 4. The number of esters is 1. The Morgan fingerprint density at radius 2 is 1.56 bits per heavy atom. The fourth-order valence-corrected chi connectivity index (χ4v) is 3.79. The molecule has 146 valence electrons. The number of likely N-dealkylation sites (tertiary alicyclic amines) is 1. The van der Waals surface area contributed by atoms with E-state index in [0.29, 0.717) is 6.42 Å². The minimum Gasteiger partial charge on any atom is -0.481 e. The number of piperidine rings is 1. The highest BCUT2D eigenvalue weighted by atomic mass is 16.5. The van der Waals surface area contributed by atoms with E-state index in [0.717, 1.165) is 38.5 Å². The van der Waals surface area contributed by atoms with E-state index in [-0.39, 0.29) is 35.5 Å². The van der Waals surface area contributed by atoms with Crippen molar-refractivity contribution in [2.75, 3.05) is 7.05 Å². The van der Waals surface area contributed by atoms with Crippen molar-refractivity contribution in [3.63, 3.8) is 0 Å². The number of aliphatic carboxylic acids is 1. The fraction of sp³-hybridized carbons (Fsp3) is 0.900. The number of hydrogen-bond donors (Lipinski definition) is 1. The van der Waals surface area contributed by atoms with Crippen LogP contribution in [0.25, 0.3) is 0 Å². The van der Waals surface area contributed by atoms with Crippen molar-refractivity contribution in [3.8, 4) is 0 Å². The van der Waals surface area contributed by atoms with E-state index in [1.165, 1.54) is 0 Å². The summed E-state index contributed by atoms with van der Waals surface area (Å²) in [6.07, 6.45) is 5.89. The van der Waals surface area contributed by atoms with Crippen LogP contribution in [0.15, 0.2) is 0 Å². The number of carboxylic acids is 1. The summed E-state index contributed by atoms with van der Waals surface area (Å²) >= 11 is 0. The topological polar surface area (TPSA) is 66.8 Å². The van der Waals surface area contributed by atoms with Gasteiger partial charge in [0.1, 0.15) is 6.10 Å². The van der Waals surface area contributed by atoms with Crippen LogP contribution in [0.3, 0.4) is 0 Å². The third-order valence-electron chi connectivity index (χ3n) is 6.20. The summed E-state index contributed by atoms with van der Waals surface area (Å²) in [6, 6.07) is 0. The molecule has 1 heterocycles. The van der Waals surface area contributed by atoms with Crippen LogP contribution in [0.2, 0.25) is 0 Å². The van der Waals surface area contributed by atoms with Crippen LogP contribution < -0.4 is 0 Å². The summed E-state index contributed by atoms with van der Waals surface area (Å²) in [6.45, 7) is 11.0. The maximum absolute atomic E-state index is 12.2. The highest BCUT2D eigenvalue weighted by molar-refractivity contribution is 5.69. The predicted molar refractivity (Wildman–Crippen MR) is 99.5 cm³/mol. The molecule has 1 rings (SSSR count). The molecule has 2 atom stereocenters. The summed E-state index contributed by atoms with van der Waals surface area (Å²) in [4.78, 5) is 25.1. The van der Waals surface area contributed by atoms with Crippen molar-refractivity contribution in [3.05, 3.63) is 0 Å². The zero-order valence-corrected chi connectivity index (χ0v) is 16.9. The number of carboxylic acid groups (broad SMARTS) is 1. The lowest BCUT2D eigenvalue weighted by Crippen LogP contribution is -2.64. The first kappa shape index (κ1) is 21.9. The van der Waals surface area contributed by atoms with Crippen molar-refractivity contribution >= 4 is 11.9 Å². The van der Waals surface area contributed by atoms with E-state index in [4.69, 9.17) is 9.84 Å². The maximum Gasteiger partial charge on any atom is 0.306 e. The number of ether oxygens (including phenoxy) is 1. The number of rotatable bonds is 9. The molecule has 0 amide bonds. The van der Waals surface area contributed by atoms with Gasteiger partial charge in [-0.2, -0.15) is 0 Å². The first-order valence-corrected chi connectivity index (χ1v) is 9.63. The molecule has 0 saturated carbocycles. The average molecular weight is 356 g/mol. The number of carbonyl (C=O) groups is 2. The second-order valence-electron chi connectivity index (χ2n) is 8.71. The predicted octanol–water partition coefficient (Wildman–Crippen LogP) is 4.24. The van der Waals surface area contributed by atoms with Gasteiger partial charge in [0.05, 0.1) is 0 Å². The highest BCUT2D eigenvalue weighted by Gasteiger charge is 2.49. The summed E-state index contributed by atoms with van der Waals surface area (Å²) in [5.74, 6) is -0.550. The lowest BCUT2D eigenvalue weighted by molar-refractivity contribution is -0.168. The van der Waals surface area contributed by atoms with E-state index in [2.05, 4.69) is 46.6 Å². The van der Waals surface area contributed by atoms with Crippen molar-refractivity contribution in [1.29, 1.82) is 0 Å². The number of nitrogens with zero attached hydrogens (tertiary/aromatic N) is 1. The molecule has 0 aromatic rings. The van der Waals surface area contributed by atoms with Gasteiger partial charge in [0.25, 0.3) is 0 Å². The van der Waals surface area contributed by atoms with Crippen LogP contribution in [0.4, 0.5) is 0 Å². The highest BCUT2D eigenvalue weighted by Crippen LogP contribution is 2.42. The van der Waals surface area contributed by atoms with E-state index in [1.807, 2.05) is 0 Å². The molecule has 0 aliphatic carbocycles. The molecule has 5 heteroatoms. The molecule has 1 fully saturated rings. The Balaban J connectivity index is 2.35. The van der Waals surface area contributed by atoms with Crippen LogP contribution in [0.5, 0.6) is 0 Å². The van der Waals surface area contributed by atoms with Crippen molar-refractivity contribution in [2.45, 2.75) is 103 Å². The van der Waals surface area contributed by atoms with Gasteiger partial charge in [-0.3, -0.25) is 14.5 Å². The van der Waals surface area contributed by atoms with Crippen LogP contribution in [0, 0.1) is 5.92 Å². The van der Waals surface area contributed by atoms with Crippen molar-refractivity contribution in [1.82, 2.24) is 4.90 Å². The van der Waals surface area contributed by atoms with Gasteiger partial charge in [-0.25, -0.2) is 0 Å². The molecule has 5 nitrogen and oxygen atoms in total. The third-order valence-corrected chi connectivity index (χ3v) is 6.20. The standard InChI is InChI=1S/C20H37NO4/c1-15-16(14-19(2,3)21(6)20(15,4)5)25-18(24)13-11-9-7-8-10-12-17(22)23/h15-16H,7-14H2,1-6H3,(H,22,23). The molecule has 0 spiro atoms. The molecular weight excluding hydrogens is 318 g/mol. The summed E-state index contributed by atoms with van der Waals surface area (Å²) in [5.41, 5.74) is -0.0120. The molecular formula is C20H37NO4. The molecule has 2 unspecified atom stereocenters. The maximum atomic E-state index is 12.2. The lowest BCUT2D eigenvalue weighted by atomic mass is 9.72. The Kier molecular flexibility index (Phi) is 7.91. The van der Waals surface area contributed by atoms with E-state index >= 15 is 0 Å². The van der Waals surface area contributed by atoms with E-state index in [9.17, 15) is 9.59 Å². The SMILES string of the molecule is CC1C(OC(=O)CCCCCCCC(=O)O)CC(C)(C)N(C)C1(C)C. The Morgan fingerprint density at radius 3 is 2.12 bits per heavy atom. The quantitative estimate of drug-likeness (QED) is 0.495. The van der Waals surface area contributed by atoms with Gasteiger partial charge in [-0.15, -0.1) is 0 Å². The summed E-state index contributed by atoms with van der Waals surface area (Å²) in [7, 11) is 2.15. The largest absolute Gasteiger partial charge is 0.481 e. The lowest BCUT2D eigenvalue weighted by Gasteiger charge is -2.56. The minimum absolute atomic E-state index is 0.00506.